The van der Waals surface area contributed by atoms with Gasteiger partial charge < -0.3 is 9.72 Å². The maximum atomic E-state index is 12.0. The highest BCUT2D eigenvalue weighted by atomic mass is 35.5. The van der Waals surface area contributed by atoms with Gasteiger partial charge in [0.1, 0.15) is 0 Å². The molecule has 0 radical (unpaired) electrons. The number of nitrogens with zero attached hydrogens (tertiary/aromatic N) is 1. The Morgan fingerprint density at radius 3 is 3.11 bits per heavy atom. The van der Waals surface area contributed by atoms with Crippen LogP contribution in [0.2, 0.25) is 5.02 Å². The molecule has 2 aromatic rings. The van der Waals surface area contributed by atoms with Gasteiger partial charge >= 0.3 is 5.69 Å². The van der Waals surface area contributed by atoms with Crippen LogP contribution in [0.15, 0.2) is 23.0 Å². The highest BCUT2D eigenvalue weighted by Crippen LogP contribution is 2.21. The van der Waals surface area contributed by atoms with Gasteiger partial charge in [0.15, 0.2) is 0 Å². The van der Waals surface area contributed by atoms with E-state index in [4.69, 9.17) is 16.3 Å². The number of ether oxygens (including phenoxy) is 1. The molecule has 0 spiro atoms. The van der Waals surface area contributed by atoms with Crippen molar-refractivity contribution in [2.24, 2.45) is 0 Å². The molecule has 3 rings (SSSR count). The molecule has 1 N–H and O–H groups in total. The van der Waals surface area contributed by atoms with Crippen LogP contribution in [0.3, 0.4) is 0 Å². The second-order valence-electron chi connectivity index (χ2n) is 4.66. The topological polar surface area (TPSA) is 47.0 Å². The molecule has 96 valence electrons. The SMILES string of the molecule is O=c1[nH]c2c(Cl)cccc2n1CC1CCCCO1. The zero-order valence-electron chi connectivity index (χ0n) is 9.99. The van der Waals surface area contributed by atoms with Crippen molar-refractivity contribution in [1.82, 2.24) is 9.55 Å². The van der Waals surface area contributed by atoms with Crippen LogP contribution in [0.4, 0.5) is 0 Å². The molecule has 1 atom stereocenters. The summed E-state index contributed by atoms with van der Waals surface area (Å²) in [7, 11) is 0. The molecule has 1 aromatic heterocycles. The van der Waals surface area contributed by atoms with Gasteiger partial charge in [-0.15, -0.1) is 0 Å². The Hall–Kier alpha value is -1.26. The van der Waals surface area contributed by atoms with Crippen molar-refractivity contribution in [3.8, 4) is 0 Å². The molecule has 1 aliphatic rings. The van der Waals surface area contributed by atoms with Gasteiger partial charge in [0.2, 0.25) is 0 Å². The molecule has 4 nitrogen and oxygen atoms in total. The van der Waals surface area contributed by atoms with Gasteiger partial charge in [0.05, 0.1) is 28.7 Å². The number of fused-ring (bicyclic) bond motifs is 1. The van der Waals surface area contributed by atoms with E-state index in [1.165, 1.54) is 6.42 Å². The van der Waals surface area contributed by atoms with Crippen molar-refractivity contribution in [2.75, 3.05) is 6.61 Å². The number of aromatic nitrogens is 2. The number of nitrogens with one attached hydrogen (secondary N) is 1. The minimum atomic E-state index is -0.118. The summed E-state index contributed by atoms with van der Waals surface area (Å²) in [4.78, 5) is 14.8. The second kappa shape index (κ2) is 4.78. The number of hydrogen-bond acceptors (Lipinski definition) is 2. The molecule has 0 saturated carbocycles. The largest absolute Gasteiger partial charge is 0.376 e. The van der Waals surface area contributed by atoms with Crippen molar-refractivity contribution >= 4 is 22.6 Å². The Balaban J connectivity index is 1.98. The van der Waals surface area contributed by atoms with Crippen LogP contribution in [0.25, 0.3) is 11.0 Å². The Labute approximate surface area is 110 Å². The van der Waals surface area contributed by atoms with Crippen molar-refractivity contribution in [2.45, 2.75) is 31.9 Å². The van der Waals surface area contributed by atoms with E-state index in [-0.39, 0.29) is 11.8 Å². The molecular weight excluding hydrogens is 252 g/mol. The summed E-state index contributed by atoms with van der Waals surface area (Å²) in [6, 6.07) is 5.54. The second-order valence-corrected chi connectivity index (χ2v) is 5.07. The first-order chi connectivity index (χ1) is 8.75. The predicted octanol–water partition coefficient (Wildman–Crippen LogP) is 2.55. The summed E-state index contributed by atoms with van der Waals surface area (Å²) >= 11 is 6.07. The Morgan fingerprint density at radius 1 is 1.44 bits per heavy atom. The third-order valence-electron chi connectivity index (χ3n) is 3.42. The molecule has 1 unspecified atom stereocenters. The van der Waals surface area contributed by atoms with Crippen LogP contribution in [-0.4, -0.2) is 22.3 Å². The number of H-pyrrole nitrogens is 1. The summed E-state index contributed by atoms with van der Waals surface area (Å²) in [5.41, 5.74) is 1.44. The van der Waals surface area contributed by atoms with E-state index < -0.39 is 0 Å². The van der Waals surface area contributed by atoms with E-state index in [1.54, 1.807) is 10.6 Å². The average molecular weight is 267 g/mol. The lowest BCUT2D eigenvalue weighted by Crippen LogP contribution is -2.29. The van der Waals surface area contributed by atoms with Crippen molar-refractivity contribution in [1.29, 1.82) is 0 Å². The van der Waals surface area contributed by atoms with Crippen LogP contribution in [-0.2, 0) is 11.3 Å². The van der Waals surface area contributed by atoms with Gasteiger partial charge in [-0.3, -0.25) is 4.57 Å². The third-order valence-corrected chi connectivity index (χ3v) is 3.73. The van der Waals surface area contributed by atoms with E-state index >= 15 is 0 Å². The van der Waals surface area contributed by atoms with Crippen LogP contribution in [0.1, 0.15) is 19.3 Å². The van der Waals surface area contributed by atoms with Gasteiger partial charge in [-0.2, -0.15) is 0 Å². The molecule has 1 fully saturated rings. The van der Waals surface area contributed by atoms with Crippen LogP contribution in [0, 0.1) is 0 Å². The summed E-state index contributed by atoms with van der Waals surface area (Å²) < 4.78 is 7.40. The molecule has 1 aromatic carbocycles. The van der Waals surface area contributed by atoms with E-state index in [1.807, 2.05) is 12.1 Å². The molecule has 0 aliphatic carbocycles. The Morgan fingerprint density at radius 2 is 2.33 bits per heavy atom. The van der Waals surface area contributed by atoms with Gasteiger partial charge in [0.25, 0.3) is 0 Å². The standard InChI is InChI=1S/C13H15ClN2O2/c14-10-5-3-6-11-12(10)15-13(17)16(11)8-9-4-1-2-7-18-9/h3,5-6,9H,1-2,4,7-8H2,(H,15,17). The Kier molecular flexibility index (Phi) is 3.14. The maximum Gasteiger partial charge on any atom is 0.326 e. The molecular formula is C13H15ClN2O2. The van der Waals surface area contributed by atoms with Gasteiger partial charge in [-0.1, -0.05) is 17.7 Å². The van der Waals surface area contributed by atoms with Crippen molar-refractivity contribution in [3.05, 3.63) is 33.7 Å². The molecule has 0 bridgehead atoms. The fourth-order valence-corrected chi connectivity index (χ4v) is 2.70. The monoisotopic (exact) mass is 266 g/mol. The van der Waals surface area contributed by atoms with Crippen LogP contribution in [0.5, 0.6) is 0 Å². The van der Waals surface area contributed by atoms with Crippen molar-refractivity contribution in [3.63, 3.8) is 0 Å². The number of para-hydroxylation sites is 1. The lowest BCUT2D eigenvalue weighted by molar-refractivity contribution is 0.00613. The maximum absolute atomic E-state index is 12.0. The minimum absolute atomic E-state index is 0.118. The number of benzene rings is 1. The molecule has 18 heavy (non-hydrogen) atoms. The lowest BCUT2D eigenvalue weighted by Gasteiger charge is -2.22. The van der Waals surface area contributed by atoms with E-state index in [9.17, 15) is 4.79 Å². The molecule has 2 heterocycles. The number of rotatable bonds is 2. The summed E-state index contributed by atoms with van der Waals surface area (Å²) in [5.74, 6) is 0. The fraction of sp³-hybridized carbons (Fsp3) is 0.462. The first kappa shape index (κ1) is 11.8. The highest BCUT2D eigenvalue weighted by molar-refractivity contribution is 6.34. The lowest BCUT2D eigenvalue weighted by atomic mass is 10.1. The van der Waals surface area contributed by atoms with Gasteiger partial charge in [0, 0.05) is 6.61 Å². The molecule has 0 amide bonds. The molecule has 1 saturated heterocycles. The number of halogens is 1. The predicted molar refractivity (Wildman–Crippen MR) is 71.2 cm³/mol. The molecule has 5 heteroatoms. The van der Waals surface area contributed by atoms with Crippen LogP contribution >= 0.6 is 11.6 Å². The van der Waals surface area contributed by atoms with Gasteiger partial charge in [-0.05, 0) is 31.4 Å². The fourth-order valence-electron chi connectivity index (χ4n) is 2.48. The van der Waals surface area contributed by atoms with E-state index in [0.717, 1.165) is 25.0 Å². The number of hydrogen-bond donors (Lipinski definition) is 1. The quantitative estimate of drug-likeness (QED) is 0.908. The van der Waals surface area contributed by atoms with Crippen LogP contribution < -0.4 is 5.69 Å². The smallest absolute Gasteiger partial charge is 0.326 e. The van der Waals surface area contributed by atoms with E-state index in [0.29, 0.717) is 17.1 Å². The van der Waals surface area contributed by atoms with Crippen molar-refractivity contribution < 1.29 is 4.74 Å². The summed E-state index contributed by atoms with van der Waals surface area (Å²) in [6.07, 6.45) is 3.43. The zero-order valence-corrected chi connectivity index (χ0v) is 10.7. The average Bonchev–Trinajstić information content (AvgIpc) is 2.70. The number of aromatic amines is 1. The Bertz CT molecular complexity index is 611. The summed E-state index contributed by atoms with van der Waals surface area (Å²) in [6.45, 7) is 1.39. The highest BCUT2D eigenvalue weighted by Gasteiger charge is 2.17. The normalized spacial score (nSPS) is 20.4. The molecule has 1 aliphatic heterocycles. The number of imidazole rings is 1. The van der Waals surface area contributed by atoms with Gasteiger partial charge in [-0.25, -0.2) is 4.79 Å². The van der Waals surface area contributed by atoms with E-state index in [2.05, 4.69) is 4.98 Å². The minimum Gasteiger partial charge on any atom is -0.376 e. The summed E-state index contributed by atoms with van der Waals surface area (Å²) in [5, 5.41) is 0.577. The first-order valence-corrected chi connectivity index (χ1v) is 6.62. The third kappa shape index (κ3) is 2.06. The first-order valence-electron chi connectivity index (χ1n) is 6.24. The zero-order chi connectivity index (χ0) is 12.5.